The molecule has 4 rings (SSSR count). The van der Waals surface area contributed by atoms with Crippen molar-refractivity contribution in [3.05, 3.63) is 22.7 Å². The van der Waals surface area contributed by atoms with Gasteiger partial charge in [0.15, 0.2) is 0 Å². The smallest absolute Gasteiger partial charge is 0.201 e. The summed E-state index contributed by atoms with van der Waals surface area (Å²) < 4.78 is 8.82. The second-order valence-electron chi connectivity index (χ2n) is 6.97. The Balaban J connectivity index is 1.60. The molecule has 24 heavy (non-hydrogen) atoms. The maximum absolute atomic E-state index is 6.25. The largest absolute Gasteiger partial charge is 0.379 e. The van der Waals surface area contributed by atoms with Gasteiger partial charge in [0.1, 0.15) is 0 Å². The number of hydrogen-bond acceptors (Lipinski definition) is 4. The van der Waals surface area contributed by atoms with E-state index in [9.17, 15) is 0 Å². The Bertz CT molecular complexity index is 710. The van der Waals surface area contributed by atoms with Gasteiger partial charge in [-0.2, -0.15) is 0 Å². The summed E-state index contributed by atoms with van der Waals surface area (Å²) in [6, 6.07) is 6.83. The Morgan fingerprint density at radius 3 is 2.83 bits per heavy atom. The molecule has 0 bridgehead atoms. The average molecular weight is 393 g/mol. The molecular weight excluding hydrogens is 368 g/mol. The quantitative estimate of drug-likeness (QED) is 0.870. The van der Waals surface area contributed by atoms with Crippen LogP contribution in [0, 0.1) is 5.92 Å². The topological polar surface area (TPSA) is 56.3 Å². The zero-order valence-electron chi connectivity index (χ0n) is 14.0. The first-order valence-electron chi connectivity index (χ1n) is 8.95. The molecule has 1 saturated heterocycles. The van der Waals surface area contributed by atoms with Crippen LogP contribution in [0.5, 0.6) is 0 Å². The van der Waals surface area contributed by atoms with E-state index in [-0.39, 0.29) is 0 Å². The monoisotopic (exact) mass is 392 g/mol. The molecule has 1 aromatic heterocycles. The zero-order chi connectivity index (χ0) is 16.5. The lowest BCUT2D eigenvalue weighted by Crippen LogP contribution is -2.49. The molecular formula is C18H25BrN4O. The number of fused-ring (bicyclic) bond motifs is 1. The van der Waals surface area contributed by atoms with Gasteiger partial charge in [0, 0.05) is 30.1 Å². The van der Waals surface area contributed by atoms with Crippen molar-refractivity contribution in [2.24, 2.45) is 5.92 Å². The number of benzene rings is 1. The maximum Gasteiger partial charge on any atom is 0.201 e. The Morgan fingerprint density at radius 1 is 1.21 bits per heavy atom. The highest BCUT2D eigenvalue weighted by atomic mass is 79.9. The highest BCUT2D eigenvalue weighted by Crippen LogP contribution is 2.32. The van der Waals surface area contributed by atoms with Crippen LogP contribution in [0.3, 0.4) is 0 Å². The molecule has 1 aromatic carbocycles. The molecule has 2 aromatic rings. The maximum atomic E-state index is 6.25. The van der Waals surface area contributed by atoms with Crippen LogP contribution in [-0.2, 0) is 11.3 Å². The summed E-state index contributed by atoms with van der Waals surface area (Å²) in [6.07, 6.45) is 5.22. The molecule has 2 heterocycles. The first-order chi connectivity index (χ1) is 11.7. The number of halogens is 1. The van der Waals surface area contributed by atoms with Gasteiger partial charge < -0.3 is 15.0 Å². The summed E-state index contributed by atoms with van der Waals surface area (Å²) in [5, 5.41) is 0. The molecule has 0 radical (unpaired) electrons. The third-order valence-corrected chi connectivity index (χ3v) is 6.03. The molecule has 2 aliphatic rings. The van der Waals surface area contributed by atoms with Crippen molar-refractivity contribution < 1.29 is 4.74 Å². The SMILES string of the molecule is Nc1nc2ccc(Br)cc2n1CC1CCCCC1N1CCOCC1. The molecule has 2 fully saturated rings. The van der Waals surface area contributed by atoms with Gasteiger partial charge in [-0.15, -0.1) is 0 Å². The molecule has 5 nitrogen and oxygen atoms in total. The molecule has 1 saturated carbocycles. The number of aromatic nitrogens is 2. The van der Waals surface area contributed by atoms with Crippen LogP contribution in [0.2, 0.25) is 0 Å². The zero-order valence-corrected chi connectivity index (χ0v) is 15.5. The van der Waals surface area contributed by atoms with Gasteiger partial charge in [-0.3, -0.25) is 4.90 Å². The van der Waals surface area contributed by atoms with Crippen LogP contribution in [0.15, 0.2) is 22.7 Å². The first-order valence-corrected chi connectivity index (χ1v) is 9.75. The number of nitrogen functional groups attached to an aromatic ring is 1. The summed E-state index contributed by atoms with van der Waals surface area (Å²) in [4.78, 5) is 7.18. The predicted octanol–water partition coefficient (Wildman–Crippen LogP) is 3.27. The number of nitrogens with zero attached hydrogens (tertiary/aromatic N) is 3. The fraction of sp³-hybridized carbons (Fsp3) is 0.611. The second kappa shape index (κ2) is 7.02. The number of rotatable bonds is 3. The molecule has 0 spiro atoms. The fourth-order valence-corrected chi connectivity index (χ4v) is 4.68. The van der Waals surface area contributed by atoms with E-state index in [2.05, 4.69) is 36.4 Å². The normalized spacial score (nSPS) is 26.0. The molecule has 1 aliphatic carbocycles. The molecule has 0 amide bonds. The molecule has 130 valence electrons. The Hall–Kier alpha value is -1.11. The number of hydrogen-bond donors (Lipinski definition) is 1. The molecule has 1 aliphatic heterocycles. The Labute approximate surface area is 151 Å². The molecule has 2 atom stereocenters. The minimum Gasteiger partial charge on any atom is -0.379 e. The van der Waals surface area contributed by atoms with Crippen LogP contribution in [-0.4, -0.2) is 46.8 Å². The van der Waals surface area contributed by atoms with Crippen molar-refractivity contribution in [2.75, 3.05) is 32.0 Å². The van der Waals surface area contributed by atoms with Crippen molar-refractivity contribution in [3.8, 4) is 0 Å². The van der Waals surface area contributed by atoms with Gasteiger partial charge in [-0.25, -0.2) is 4.98 Å². The number of anilines is 1. The standard InChI is InChI=1S/C18H25BrN4O/c19-14-5-6-15-17(11-14)23(18(20)21-15)12-13-3-1-2-4-16(13)22-7-9-24-10-8-22/h5-6,11,13,16H,1-4,7-10,12H2,(H2,20,21). The number of imidazole rings is 1. The van der Waals surface area contributed by atoms with Crippen molar-refractivity contribution in [2.45, 2.75) is 38.3 Å². The molecule has 2 unspecified atom stereocenters. The lowest BCUT2D eigenvalue weighted by Gasteiger charge is -2.42. The van der Waals surface area contributed by atoms with Gasteiger partial charge >= 0.3 is 0 Å². The second-order valence-corrected chi connectivity index (χ2v) is 7.89. The molecule has 6 heteroatoms. The van der Waals surface area contributed by atoms with Gasteiger partial charge in [-0.1, -0.05) is 28.8 Å². The van der Waals surface area contributed by atoms with E-state index in [4.69, 9.17) is 10.5 Å². The third kappa shape index (κ3) is 3.19. The van der Waals surface area contributed by atoms with E-state index in [1.54, 1.807) is 0 Å². The first kappa shape index (κ1) is 16.4. The van der Waals surface area contributed by atoms with Gasteiger partial charge in [0.2, 0.25) is 5.95 Å². The summed E-state index contributed by atoms with van der Waals surface area (Å²) in [7, 11) is 0. The van der Waals surface area contributed by atoms with Crippen molar-refractivity contribution in [1.29, 1.82) is 0 Å². The van der Waals surface area contributed by atoms with E-state index in [0.29, 0.717) is 17.9 Å². The van der Waals surface area contributed by atoms with Crippen LogP contribution < -0.4 is 5.73 Å². The predicted molar refractivity (Wildman–Crippen MR) is 100.0 cm³/mol. The van der Waals surface area contributed by atoms with E-state index >= 15 is 0 Å². The third-order valence-electron chi connectivity index (χ3n) is 5.54. The van der Waals surface area contributed by atoms with Crippen molar-refractivity contribution in [3.63, 3.8) is 0 Å². The van der Waals surface area contributed by atoms with E-state index in [1.807, 2.05) is 12.1 Å². The van der Waals surface area contributed by atoms with Crippen LogP contribution in [0.1, 0.15) is 25.7 Å². The minimum atomic E-state index is 0.634. The lowest BCUT2D eigenvalue weighted by atomic mass is 9.83. The van der Waals surface area contributed by atoms with Gasteiger partial charge in [0.05, 0.1) is 24.2 Å². The summed E-state index contributed by atoms with van der Waals surface area (Å²) in [5.41, 5.74) is 8.36. The number of morpholine rings is 1. The van der Waals surface area contributed by atoms with Crippen LogP contribution >= 0.6 is 15.9 Å². The fourth-order valence-electron chi connectivity index (χ4n) is 4.33. The van der Waals surface area contributed by atoms with E-state index in [0.717, 1.165) is 48.4 Å². The average Bonchev–Trinajstić information content (AvgIpc) is 2.91. The number of nitrogens with two attached hydrogens (primary N) is 1. The van der Waals surface area contributed by atoms with Crippen molar-refractivity contribution in [1.82, 2.24) is 14.5 Å². The summed E-state index contributed by atoms with van der Waals surface area (Å²) in [5.74, 6) is 1.27. The van der Waals surface area contributed by atoms with Crippen LogP contribution in [0.4, 0.5) is 5.95 Å². The van der Waals surface area contributed by atoms with Gasteiger partial charge in [0.25, 0.3) is 0 Å². The van der Waals surface area contributed by atoms with E-state index in [1.165, 1.54) is 25.7 Å². The number of ether oxygens (including phenoxy) is 1. The highest BCUT2D eigenvalue weighted by Gasteiger charge is 2.31. The van der Waals surface area contributed by atoms with Crippen LogP contribution in [0.25, 0.3) is 11.0 Å². The highest BCUT2D eigenvalue weighted by molar-refractivity contribution is 9.10. The summed E-state index contributed by atoms with van der Waals surface area (Å²) in [6.45, 7) is 4.82. The Morgan fingerprint density at radius 2 is 2.00 bits per heavy atom. The lowest BCUT2D eigenvalue weighted by molar-refractivity contribution is -0.00962. The van der Waals surface area contributed by atoms with Crippen molar-refractivity contribution >= 4 is 32.9 Å². The molecule has 2 N–H and O–H groups in total. The summed E-state index contributed by atoms with van der Waals surface area (Å²) >= 11 is 3.57. The van der Waals surface area contributed by atoms with Gasteiger partial charge in [-0.05, 0) is 37.0 Å². The minimum absolute atomic E-state index is 0.634. The van der Waals surface area contributed by atoms with E-state index < -0.39 is 0 Å². The Kier molecular flexibility index (Phi) is 4.79.